The van der Waals surface area contributed by atoms with Crippen LogP contribution in [0.15, 0.2) is 42.5 Å². The summed E-state index contributed by atoms with van der Waals surface area (Å²) in [6, 6.07) is 12.6. The van der Waals surface area contributed by atoms with Crippen LogP contribution in [0.4, 0.5) is 10.1 Å². The number of hydrogen-bond acceptors (Lipinski definition) is 1. The smallest absolute Gasteiger partial charge is 0.279 e. The number of hydrogen-bond donors (Lipinski definition) is 2. The number of benzene rings is 2. The fraction of sp³-hybridized carbons (Fsp3) is 0.278. The third-order valence-electron chi connectivity index (χ3n) is 3.42. The van der Waals surface area contributed by atoms with E-state index in [0.29, 0.717) is 18.7 Å². The van der Waals surface area contributed by atoms with E-state index >= 15 is 0 Å². The molecule has 0 saturated carbocycles. The summed E-state index contributed by atoms with van der Waals surface area (Å²) in [5, 5.41) is 2.90. The van der Waals surface area contributed by atoms with Crippen LogP contribution in [0.3, 0.4) is 0 Å². The monoisotopic (exact) mass is 301 g/mol. The van der Waals surface area contributed by atoms with E-state index in [2.05, 4.69) is 11.4 Å². The molecular weight excluding hydrogens is 279 g/mol. The molecule has 0 aromatic heterocycles. The van der Waals surface area contributed by atoms with Crippen molar-refractivity contribution in [2.45, 2.75) is 20.4 Å². The number of aryl methyl sites for hydroxylation is 2. The predicted molar refractivity (Wildman–Crippen MR) is 86.4 cm³/mol. The topological polar surface area (TPSA) is 33.5 Å². The van der Waals surface area contributed by atoms with E-state index in [0.717, 1.165) is 21.7 Å². The van der Waals surface area contributed by atoms with Crippen LogP contribution in [-0.2, 0) is 11.3 Å². The molecule has 2 N–H and O–H groups in total. The Balaban J connectivity index is 1.92. The van der Waals surface area contributed by atoms with Crippen molar-refractivity contribution in [3.8, 4) is 0 Å². The van der Waals surface area contributed by atoms with Crippen LogP contribution >= 0.6 is 0 Å². The SMILES string of the molecule is Cc1cc(C)cc(NC(=O)C[NH+](C)Cc2ccccc2F)c1. The first kappa shape index (κ1) is 16.2. The molecule has 0 spiro atoms. The number of halogens is 1. The number of likely N-dealkylation sites (N-methyl/N-ethyl adjacent to an activating group) is 1. The van der Waals surface area contributed by atoms with E-state index in [1.165, 1.54) is 6.07 Å². The number of carbonyl (C=O) groups is 1. The van der Waals surface area contributed by atoms with Crippen molar-refractivity contribution in [3.63, 3.8) is 0 Å². The van der Waals surface area contributed by atoms with Gasteiger partial charge in [-0.2, -0.15) is 0 Å². The van der Waals surface area contributed by atoms with Crippen LogP contribution in [0.5, 0.6) is 0 Å². The van der Waals surface area contributed by atoms with E-state index in [4.69, 9.17) is 0 Å². The molecule has 0 saturated heterocycles. The molecule has 0 bridgehead atoms. The highest BCUT2D eigenvalue weighted by Gasteiger charge is 2.13. The minimum absolute atomic E-state index is 0.0705. The summed E-state index contributed by atoms with van der Waals surface area (Å²) in [7, 11) is 1.88. The maximum Gasteiger partial charge on any atom is 0.279 e. The highest BCUT2D eigenvalue weighted by atomic mass is 19.1. The summed E-state index contributed by atoms with van der Waals surface area (Å²) in [6.07, 6.45) is 0. The molecule has 0 radical (unpaired) electrons. The van der Waals surface area contributed by atoms with E-state index in [1.54, 1.807) is 18.2 Å². The van der Waals surface area contributed by atoms with Gasteiger partial charge < -0.3 is 10.2 Å². The molecule has 116 valence electrons. The normalized spacial score (nSPS) is 12.0. The maximum absolute atomic E-state index is 13.6. The Kier molecular flexibility index (Phi) is 5.28. The van der Waals surface area contributed by atoms with Crippen molar-refractivity contribution in [3.05, 3.63) is 65.0 Å². The molecule has 2 aromatic rings. The summed E-state index contributed by atoms with van der Waals surface area (Å²) in [6.45, 7) is 4.77. The summed E-state index contributed by atoms with van der Waals surface area (Å²) in [4.78, 5) is 13.0. The molecule has 1 amide bonds. The largest absolute Gasteiger partial charge is 0.326 e. The van der Waals surface area contributed by atoms with Crippen molar-refractivity contribution >= 4 is 11.6 Å². The van der Waals surface area contributed by atoms with Crippen molar-refractivity contribution in [2.75, 3.05) is 18.9 Å². The van der Waals surface area contributed by atoms with E-state index < -0.39 is 0 Å². The quantitative estimate of drug-likeness (QED) is 0.871. The van der Waals surface area contributed by atoms with Gasteiger partial charge in [0.15, 0.2) is 6.54 Å². The number of nitrogens with one attached hydrogen (secondary N) is 2. The van der Waals surface area contributed by atoms with Crippen LogP contribution in [0.2, 0.25) is 0 Å². The van der Waals surface area contributed by atoms with Crippen molar-refractivity contribution in [2.24, 2.45) is 0 Å². The number of anilines is 1. The fourth-order valence-corrected chi connectivity index (χ4v) is 2.56. The Morgan fingerprint density at radius 1 is 1.14 bits per heavy atom. The van der Waals surface area contributed by atoms with Gasteiger partial charge in [0, 0.05) is 11.3 Å². The lowest BCUT2D eigenvalue weighted by Gasteiger charge is -2.14. The first-order chi connectivity index (χ1) is 10.4. The first-order valence-corrected chi connectivity index (χ1v) is 7.37. The van der Waals surface area contributed by atoms with Crippen LogP contribution in [0, 0.1) is 19.7 Å². The van der Waals surface area contributed by atoms with Crippen LogP contribution in [0.1, 0.15) is 16.7 Å². The molecule has 0 aliphatic carbocycles. The zero-order valence-electron chi connectivity index (χ0n) is 13.2. The number of quaternary nitrogens is 1. The molecule has 2 aromatic carbocycles. The van der Waals surface area contributed by atoms with Gasteiger partial charge in [-0.05, 0) is 43.2 Å². The lowest BCUT2D eigenvalue weighted by molar-refractivity contribution is -0.885. The summed E-state index contributed by atoms with van der Waals surface area (Å²) >= 11 is 0. The molecule has 1 atom stereocenters. The zero-order chi connectivity index (χ0) is 16.1. The van der Waals surface area contributed by atoms with Gasteiger partial charge in [-0.3, -0.25) is 4.79 Å². The highest BCUT2D eigenvalue weighted by molar-refractivity contribution is 5.91. The molecule has 22 heavy (non-hydrogen) atoms. The van der Waals surface area contributed by atoms with Gasteiger partial charge in [-0.1, -0.05) is 24.3 Å². The molecule has 0 aliphatic heterocycles. The Labute approximate surface area is 130 Å². The van der Waals surface area contributed by atoms with Crippen molar-refractivity contribution in [1.82, 2.24) is 0 Å². The molecule has 4 heteroatoms. The lowest BCUT2D eigenvalue weighted by Crippen LogP contribution is -3.08. The lowest BCUT2D eigenvalue weighted by atomic mass is 10.1. The van der Waals surface area contributed by atoms with Gasteiger partial charge >= 0.3 is 0 Å². The number of rotatable bonds is 5. The van der Waals surface area contributed by atoms with Gasteiger partial charge in [0.05, 0.1) is 7.05 Å². The number of carbonyl (C=O) groups excluding carboxylic acids is 1. The second kappa shape index (κ2) is 7.18. The zero-order valence-corrected chi connectivity index (χ0v) is 13.2. The average molecular weight is 301 g/mol. The van der Waals surface area contributed by atoms with E-state index in [1.807, 2.05) is 33.0 Å². The molecule has 0 heterocycles. The van der Waals surface area contributed by atoms with Crippen LogP contribution in [-0.4, -0.2) is 19.5 Å². The molecule has 3 nitrogen and oxygen atoms in total. The number of amides is 1. The van der Waals surface area contributed by atoms with Gasteiger partial charge in [0.1, 0.15) is 12.4 Å². The fourth-order valence-electron chi connectivity index (χ4n) is 2.56. The molecule has 0 aliphatic rings. The Hall–Kier alpha value is -2.20. The van der Waals surface area contributed by atoms with Gasteiger partial charge in [0.25, 0.3) is 5.91 Å². The van der Waals surface area contributed by atoms with Gasteiger partial charge in [-0.15, -0.1) is 0 Å². The van der Waals surface area contributed by atoms with Gasteiger partial charge in [-0.25, -0.2) is 4.39 Å². The Bertz CT molecular complexity index is 650. The molecular formula is C18H22FN2O+. The predicted octanol–water partition coefficient (Wildman–Crippen LogP) is 2.10. The molecule has 2 rings (SSSR count). The van der Waals surface area contributed by atoms with Crippen LogP contribution < -0.4 is 10.2 Å². The first-order valence-electron chi connectivity index (χ1n) is 7.37. The standard InChI is InChI=1S/C18H21FN2O/c1-13-8-14(2)10-16(9-13)20-18(22)12-21(3)11-15-6-4-5-7-17(15)19/h4-10H,11-12H2,1-3H3,(H,20,22)/p+1. The summed E-state index contributed by atoms with van der Waals surface area (Å²) in [5.41, 5.74) is 3.66. The third kappa shape index (κ3) is 4.67. The second-order valence-electron chi connectivity index (χ2n) is 5.83. The van der Waals surface area contributed by atoms with Crippen molar-refractivity contribution in [1.29, 1.82) is 0 Å². The second-order valence-corrected chi connectivity index (χ2v) is 5.83. The summed E-state index contributed by atoms with van der Waals surface area (Å²) in [5.74, 6) is -0.296. The molecule has 0 fully saturated rings. The van der Waals surface area contributed by atoms with Gasteiger partial charge in [0.2, 0.25) is 0 Å². The highest BCUT2D eigenvalue weighted by Crippen LogP contribution is 2.13. The minimum Gasteiger partial charge on any atom is -0.326 e. The Morgan fingerprint density at radius 2 is 1.77 bits per heavy atom. The maximum atomic E-state index is 13.6. The van der Waals surface area contributed by atoms with E-state index in [-0.39, 0.29) is 11.7 Å². The minimum atomic E-state index is -0.225. The molecule has 1 unspecified atom stereocenters. The van der Waals surface area contributed by atoms with Crippen molar-refractivity contribution < 1.29 is 14.1 Å². The van der Waals surface area contributed by atoms with E-state index in [9.17, 15) is 9.18 Å². The third-order valence-corrected chi connectivity index (χ3v) is 3.42. The van der Waals surface area contributed by atoms with Crippen LogP contribution in [0.25, 0.3) is 0 Å². The Morgan fingerprint density at radius 3 is 2.41 bits per heavy atom. The average Bonchev–Trinajstić information content (AvgIpc) is 2.39. The summed E-state index contributed by atoms with van der Waals surface area (Å²) < 4.78 is 13.6.